The van der Waals surface area contributed by atoms with Crippen molar-refractivity contribution >= 4 is 29.3 Å². The van der Waals surface area contributed by atoms with E-state index in [9.17, 15) is 19.2 Å². The van der Waals surface area contributed by atoms with Crippen LogP contribution in [-0.4, -0.2) is 44.4 Å². The van der Waals surface area contributed by atoms with Gasteiger partial charge in [0, 0.05) is 41.7 Å². The number of carbonyl (C=O) groups excluding carboxylic acids is 4. The number of nitrogens with zero attached hydrogens (tertiary/aromatic N) is 3. The lowest BCUT2D eigenvalue weighted by Gasteiger charge is -2.29. The normalized spacial score (nSPS) is 17.7. The van der Waals surface area contributed by atoms with Crippen LogP contribution in [0.3, 0.4) is 0 Å². The van der Waals surface area contributed by atoms with Gasteiger partial charge in [0.1, 0.15) is 6.04 Å². The van der Waals surface area contributed by atoms with Crippen LogP contribution in [0.5, 0.6) is 0 Å². The summed E-state index contributed by atoms with van der Waals surface area (Å²) < 4.78 is 1.77. The maximum absolute atomic E-state index is 13.1. The van der Waals surface area contributed by atoms with E-state index < -0.39 is 11.9 Å². The van der Waals surface area contributed by atoms with Crippen molar-refractivity contribution in [3.63, 3.8) is 0 Å². The van der Waals surface area contributed by atoms with E-state index in [1.807, 2.05) is 31.2 Å². The zero-order chi connectivity index (χ0) is 23.1. The maximum Gasteiger partial charge on any atom is 0.256 e. The molecule has 166 valence electrons. The Morgan fingerprint density at radius 1 is 1.12 bits per heavy atom. The van der Waals surface area contributed by atoms with E-state index in [0.29, 0.717) is 22.4 Å². The van der Waals surface area contributed by atoms with Crippen molar-refractivity contribution in [2.75, 3.05) is 5.32 Å². The van der Waals surface area contributed by atoms with Crippen LogP contribution in [0.2, 0.25) is 0 Å². The van der Waals surface area contributed by atoms with Crippen LogP contribution < -0.4 is 10.6 Å². The highest BCUT2D eigenvalue weighted by Crippen LogP contribution is 2.30. The highest BCUT2D eigenvalue weighted by atomic mass is 16.2. The minimum atomic E-state index is -0.729. The number of benzene rings is 2. The number of aryl methyl sites for hydroxylation is 1. The number of piperidine rings is 1. The lowest BCUT2D eigenvalue weighted by atomic mass is 10.0. The predicted octanol–water partition coefficient (Wildman–Crippen LogP) is 2.19. The minimum Gasteiger partial charge on any atom is -0.322 e. The summed E-state index contributed by atoms with van der Waals surface area (Å²) in [6.45, 7) is 2.08. The molecule has 4 amide bonds. The SMILES string of the molecule is Cc1ccnn1-c1cccc(NC(=O)c2cccc3c2CN(C2CCC(=O)NC2=O)C3=O)c1. The van der Waals surface area contributed by atoms with E-state index in [-0.39, 0.29) is 37.1 Å². The molecule has 0 aliphatic carbocycles. The Morgan fingerprint density at radius 3 is 2.70 bits per heavy atom. The molecule has 1 fully saturated rings. The molecule has 5 rings (SSSR count). The fourth-order valence-electron chi connectivity index (χ4n) is 4.35. The number of nitrogens with one attached hydrogen (secondary N) is 2. The number of aromatic nitrogens is 2. The van der Waals surface area contributed by atoms with Gasteiger partial charge in [0.15, 0.2) is 0 Å². The first kappa shape index (κ1) is 20.6. The summed E-state index contributed by atoms with van der Waals surface area (Å²) in [5.41, 5.74) is 3.71. The molecule has 1 aromatic heterocycles. The number of hydrogen-bond donors (Lipinski definition) is 2. The smallest absolute Gasteiger partial charge is 0.256 e. The summed E-state index contributed by atoms with van der Waals surface area (Å²) in [4.78, 5) is 51.3. The first-order chi connectivity index (χ1) is 15.9. The van der Waals surface area contributed by atoms with Gasteiger partial charge in [-0.3, -0.25) is 24.5 Å². The molecule has 2 aliphatic rings. The van der Waals surface area contributed by atoms with Crippen molar-refractivity contribution in [1.82, 2.24) is 20.0 Å². The van der Waals surface area contributed by atoms with Gasteiger partial charge in [-0.05, 0) is 55.3 Å². The number of anilines is 1. The standard InChI is InChI=1S/C24H21N5O4/c1-14-10-11-25-29(14)16-5-2-4-15(12-16)26-22(31)17-6-3-7-18-19(17)13-28(24(18)33)20-8-9-21(30)27-23(20)32/h2-7,10-12,20H,8-9,13H2,1H3,(H,26,31)(H,27,30,32). The van der Waals surface area contributed by atoms with Gasteiger partial charge in [-0.2, -0.15) is 5.10 Å². The molecule has 1 unspecified atom stereocenters. The van der Waals surface area contributed by atoms with Crippen LogP contribution in [0.15, 0.2) is 54.7 Å². The largest absolute Gasteiger partial charge is 0.322 e. The summed E-state index contributed by atoms with van der Waals surface area (Å²) in [5, 5.41) is 9.48. The van der Waals surface area contributed by atoms with Gasteiger partial charge in [-0.1, -0.05) is 12.1 Å². The zero-order valence-corrected chi connectivity index (χ0v) is 17.9. The number of imide groups is 1. The Morgan fingerprint density at radius 2 is 1.94 bits per heavy atom. The van der Waals surface area contributed by atoms with Gasteiger partial charge >= 0.3 is 0 Å². The maximum atomic E-state index is 13.1. The van der Waals surface area contributed by atoms with E-state index in [1.54, 1.807) is 35.1 Å². The molecule has 9 nitrogen and oxygen atoms in total. The summed E-state index contributed by atoms with van der Waals surface area (Å²) in [5.74, 6) is -1.48. The Balaban J connectivity index is 1.39. The molecule has 0 saturated carbocycles. The minimum absolute atomic E-state index is 0.135. The lowest BCUT2D eigenvalue weighted by molar-refractivity contribution is -0.136. The van der Waals surface area contributed by atoms with Crippen LogP contribution in [0.4, 0.5) is 5.69 Å². The van der Waals surface area contributed by atoms with Gasteiger partial charge in [0.25, 0.3) is 11.8 Å². The summed E-state index contributed by atoms with van der Waals surface area (Å²) in [6.07, 6.45) is 2.15. The molecule has 2 N–H and O–H groups in total. The second-order valence-electron chi connectivity index (χ2n) is 8.12. The second kappa shape index (κ2) is 8.01. The summed E-state index contributed by atoms with van der Waals surface area (Å²) in [6, 6.07) is 13.5. The van der Waals surface area contributed by atoms with E-state index >= 15 is 0 Å². The number of hydrogen-bond acceptors (Lipinski definition) is 5. The summed E-state index contributed by atoms with van der Waals surface area (Å²) >= 11 is 0. The lowest BCUT2D eigenvalue weighted by Crippen LogP contribution is -2.52. The second-order valence-corrected chi connectivity index (χ2v) is 8.12. The number of rotatable bonds is 4. The van der Waals surface area contributed by atoms with E-state index in [4.69, 9.17) is 0 Å². The van der Waals surface area contributed by atoms with Crippen molar-refractivity contribution in [3.05, 3.63) is 77.1 Å². The Kier molecular flexibility index (Phi) is 5.01. The predicted molar refractivity (Wildman–Crippen MR) is 119 cm³/mol. The van der Waals surface area contributed by atoms with Crippen LogP contribution in [0.25, 0.3) is 5.69 Å². The molecule has 0 radical (unpaired) electrons. The first-order valence-electron chi connectivity index (χ1n) is 10.6. The monoisotopic (exact) mass is 443 g/mol. The van der Waals surface area contributed by atoms with Gasteiger partial charge in [0.2, 0.25) is 11.8 Å². The molecular weight excluding hydrogens is 422 g/mol. The van der Waals surface area contributed by atoms with Crippen LogP contribution >= 0.6 is 0 Å². The molecule has 2 aliphatic heterocycles. The van der Waals surface area contributed by atoms with Crippen LogP contribution in [0.1, 0.15) is 44.8 Å². The van der Waals surface area contributed by atoms with Crippen LogP contribution in [-0.2, 0) is 16.1 Å². The molecule has 33 heavy (non-hydrogen) atoms. The molecule has 0 spiro atoms. The highest BCUT2D eigenvalue weighted by molar-refractivity contribution is 6.10. The first-order valence-corrected chi connectivity index (χ1v) is 10.6. The quantitative estimate of drug-likeness (QED) is 0.600. The van der Waals surface area contributed by atoms with E-state index in [1.165, 1.54) is 4.90 Å². The van der Waals surface area contributed by atoms with Crippen molar-refractivity contribution in [1.29, 1.82) is 0 Å². The fraction of sp³-hybridized carbons (Fsp3) is 0.208. The number of carbonyl (C=O) groups is 4. The third-order valence-corrected chi connectivity index (χ3v) is 6.01. The molecule has 3 aromatic rings. The Labute approximate surface area is 189 Å². The third-order valence-electron chi connectivity index (χ3n) is 6.01. The molecule has 9 heteroatoms. The topological polar surface area (TPSA) is 113 Å². The third kappa shape index (κ3) is 3.67. The zero-order valence-electron chi connectivity index (χ0n) is 17.9. The van der Waals surface area contributed by atoms with E-state index in [2.05, 4.69) is 15.7 Å². The van der Waals surface area contributed by atoms with Crippen molar-refractivity contribution in [2.24, 2.45) is 0 Å². The summed E-state index contributed by atoms with van der Waals surface area (Å²) in [7, 11) is 0. The van der Waals surface area contributed by atoms with Crippen LogP contribution in [0, 0.1) is 6.92 Å². The van der Waals surface area contributed by atoms with Gasteiger partial charge in [-0.25, -0.2) is 4.68 Å². The van der Waals surface area contributed by atoms with Crippen molar-refractivity contribution in [3.8, 4) is 5.69 Å². The molecule has 2 aromatic carbocycles. The van der Waals surface area contributed by atoms with Gasteiger partial charge < -0.3 is 10.2 Å². The van der Waals surface area contributed by atoms with Gasteiger partial charge in [-0.15, -0.1) is 0 Å². The number of fused-ring (bicyclic) bond motifs is 1. The molecule has 1 atom stereocenters. The average Bonchev–Trinajstić information content (AvgIpc) is 3.37. The molecular formula is C24H21N5O4. The van der Waals surface area contributed by atoms with E-state index in [0.717, 1.165) is 11.4 Å². The fourth-order valence-corrected chi connectivity index (χ4v) is 4.35. The molecule has 3 heterocycles. The Hall–Kier alpha value is -4.27. The average molecular weight is 443 g/mol. The number of amides is 4. The Bertz CT molecular complexity index is 1310. The van der Waals surface area contributed by atoms with Crippen molar-refractivity contribution in [2.45, 2.75) is 32.4 Å². The van der Waals surface area contributed by atoms with Crippen molar-refractivity contribution < 1.29 is 19.2 Å². The van der Waals surface area contributed by atoms with Gasteiger partial charge in [0.05, 0.1) is 5.69 Å². The highest BCUT2D eigenvalue weighted by Gasteiger charge is 2.40. The molecule has 1 saturated heterocycles. The molecule has 0 bridgehead atoms.